The lowest BCUT2D eigenvalue weighted by molar-refractivity contribution is -0.395. The van der Waals surface area contributed by atoms with Crippen molar-refractivity contribution in [2.75, 3.05) is 0 Å². The zero-order valence-corrected chi connectivity index (χ0v) is 7.25. The predicted octanol–water partition coefficient (Wildman–Crippen LogP) is 1.90. The third kappa shape index (κ3) is 2.44. The summed E-state index contributed by atoms with van der Waals surface area (Å²) in [6, 6.07) is 2.88. The molecule has 0 saturated heterocycles. The molecular formula is C7H5FN2O5. The van der Waals surface area contributed by atoms with Gasteiger partial charge in [-0.25, -0.2) is 0 Å². The lowest BCUT2D eigenvalue weighted by atomic mass is 10.2. The molecule has 1 aromatic carbocycles. The molecule has 0 amide bonds. The normalized spacial score (nSPS) is 9.93. The number of rotatable bonds is 4. The monoisotopic (exact) mass is 216 g/mol. The fourth-order valence-electron chi connectivity index (χ4n) is 1.02. The van der Waals surface area contributed by atoms with Gasteiger partial charge in [0.2, 0.25) is 0 Å². The van der Waals surface area contributed by atoms with E-state index < -0.39 is 27.8 Å². The molecule has 0 aromatic heterocycles. The number of benzene rings is 1. The summed E-state index contributed by atoms with van der Waals surface area (Å²) in [6.07, 6.45) is 0. The molecule has 0 fully saturated rings. The number of non-ortho nitro benzene ring substituents is 1. The van der Waals surface area contributed by atoms with Crippen molar-refractivity contribution in [2.45, 2.75) is 6.61 Å². The SMILES string of the molecule is O=[N+]([O-])c1ccc(COF)c([N+](=O)[O-])c1. The minimum Gasteiger partial charge on any atom is -0.258 e. The van der Waals surface area contributed by atoms with Crippen molar-refractivity contribution in [3.05, 3.63) is 44.0 Å². The second-order valence-corrected chi connectivity index (χ2v) is 2.58. The maximum absolute atomic E-state index is 11.5. The van der Waals surface area contributed by atoms with Crippen molar-refractivity contribution in [3.8, 4) is 0 Å². The molecule has 0 spiro atoms. The van der Waals surface area contributed by atoms with E-state index in [0.717, 1.165) is 18.2 Å². The Labute approximate surface area is 82.3 Å². The first-order valence-corrected chi connectivity index (χ1v) is 3.71. The van der Waals surface area contributed by atoms with E-state index in [1.165, 1.54) is 0 Å². The van der Waals surface area contributed by atoms with Crippen molar-refractivity contribution in [2.24, 2.45) is 0 Å². The molecule has 0 atom stereocenters. The second kappa shape index (κ2) is 4.42. The highest BCUT2D eigenvalue weighted by Gasteiger charge is 2.19. The molecule has 0 aliphatic carbocycles. The van der Waals surface area contributed by atoms with Crippen molar-refractivity contribution in [1.29, 1.82) is 0 Å². The van der Waals surface area contributed by atoms with Gasteiger partial charge >= 0.3 is 0 Å². The van der Waals surface area contributed by atoms with Gasteiger partial charge in [0.1, 0.15) is 6.61 Å². The third-order valence-corrected chi connectivity index (χ3v) is 1.69. The molecule has 0 aliphatic rings. The first-order valence-electron chi connectivity index (χ1n) is 3.71. The summed E-state index contributed by atoms with van der Waals surface area (Å²) in [7, 11) is 0. The van der Waals surface area contributed by atoms with Gasteiger partial charge in [-0.1, -0.05) is 0 Å². The molecular weight excluding hydrogens is 211 g/mol. The van der Waals surface area contributed by atoms with Gasteiger partial charge in [-0.15, -0.1) is 0 Å². The summed E-state index contributed by atoms with van der Waals surface area (Å²) in [5, 5.41) is 20.8. The second-order valence-electron chi connectivity index (χ2n) is 2.58. The minimum absolute atomic E-state index is 0.0619. The number of hydrogen-bond donors (Lipinski definition) is 0. The molecule has 1 rings (SSSR count). The molecule has 0 heterocycles. The van der Waals surface area contributed by atoms with Gasteiger partial charge < -0.3 is 0 Å². The van der Waals surface area contributed by atoms with Crippen LogP contribution in [-0.2, 0) is 11.5 Å². The van der Waals surface area contributed by atoms with Gasteiger partial charge in [0, 0.05) is 6.07 Å². The molecule has 0 bridgehead atoms. The zero-order valence-electron chi connectivity index (χ0n) is 7.25. The minimum atomic E-state index is -0.832. The lowest BCUT2D eigenvalue weighted by Crippen LogP contribution is -1.98. The maximum atomic E-state index is 11.5. The molecule has 0 N–H and O–H groups in total. The van der Waals surface area contributed by atoms with Crippen molar-refractivity contribution in [1.82, 2.24) is 0 Å². The number of halogens is 1. The Morgan fingerprint density at radius 2 is 1.93 bits per heavy atom. The average Bonchev–Trinajstić information content (AvgIpc) is 2.18. The topological polar surface area (TPSA) is 95.5 Å². The van der Waals surface area contributed by atoms with E-state index in [9.17, 15) is 24.8 Å². The van der Waals surface area contributed by atoms with Crippen LogP contribution in [0.25, 0.3) is 0 Å². The van der Waals surface area contributed by atoms with Crippen molar-refractivity contribution >= 4 is 11.4 Å². The standard InChI is InChI=1S/C7H5FN2O5/c8-15-4-5-1-2-6(9(11)12)3-7(5)10(13)14/h1-3H,4H2. The summed E-state index contributed by atoms with van der Waals surface area (Å²) in [5.41, 5.74) is -1.03. The Bertz CT molecular complexity index is 408. The average molecular weight is 216 g/mol. The summed E-state index contributed by atoms with van der Waals surface area (Å²) in [6.45, 7) is -0.617. The van der Waals surface area contributed by atoms with Crippen LogP contribution in [0, 0.1) is 20.2 Å². The van der Waals surface area contributed by atoms with Crippen LogP contribution in [-0.4, -0.2) is 9.85 Å². The summed E-state index contributed by atoms with van der Waals surface area (Å²) in [4.78, 5) is 22.4. The molecule has 80 valence electrons. The van der Waals surface area contributed by atoms with Gasteiger partial charge in [-0.05, 0) is 10.6 Å². The van der Waals surface area contributed by atoms with Crippen LogP contribution >= 0.6 is 0 Å². The molecule has 8 heteroatoms. The van der Waals surface area contributed by atoms with Crippen LogP contribution in [0.5, 0.6) is 0 Å². The molecule has 7 nitrogen and oxygen atoms in total. The highest BCUT2D eigenvalue weighted by Crippen LogP contribution is 2.25. The Kier molecular flexibility index (Phi) is 3.24. The summed E-state index contributed by atoms with van der Waals surface area (Å²) in [5.74, 6) is 0. The van der Waals surface area contributed by atoms with Crippen LogP contribution in [0.3, 0.4) is 0 Å². The van der Waals surface area contributed by atoms with Gasteiger partial charge in [0.25, 0.3) is 11.4 Å². The number of nitro benzene ring substituents is 2. The van der Waals surface area contributed by atoms with Gasteiger partial charge in [0.15, 0.2) is 0 Å². The Hall–Kier alpha value is -2.09. The molecule has 0 saturated carbocycles. The smallest absolute Gasteiger partial charge is 0.258 e. The first kappa shape index (κ1) is 11.0. The fourth-order valence-corrected chi connectivity index (χ4v) is 1.02. The van der Waals surface area contributed by atoms with Crippen molar-refractivity contribution < 1.29 is 19.3 Å². The van der Waals surface area contributed by atoms with E-state index in [0.29, 0.717) is 0 Å². The highest BCUT2D eigenvalue weighted by molar-refractivity contribution is 5.48. The third-order valence-electron chi connectivity index (χ3n) is 1.69. The quantitative estimate of drug-likeness (QED) is 0.565. The Balaban J connectivity index is 3.20. The van der Waals surface area contributed by atoms with E-state index in [4.69, 9.17) is 0 Å². The molecule has 1 aromatic rings. The van der Waals surface area contributed by atoms with E-state index in [2.05, 4.69) is 4.94 Å². The largest absolute Gasteiger partial charge is 0.281 e. The van der Waals surface area contributed by atoms with Gasteiger partial charge in [-0.3, -0.25) is 20.2 Å². The van der Waals surface area contributed by atoms with Gasteiger partial charge in [-0.2, -0.15) is 4.94 Å². The molecule has 15 heavy (non-hydrogen) atoms. The Morgan fingerprint density at radius 1 is 1.27 bits per heavy atom. The number of nitro groups is 2. The lowest BCUT2D eigenvalue weighted by Gasteiger charge is -1.99. The van der Waals surface area contributed by atoms with Crippen LogP contribution in [0.15, 0.2) is 18.2 Å². The van der Waals surface area contributed by atoms with Crippen LogP contribution in [0.1, 0.15) is 5.56 Å². The summed E-state index contributed by atoms with van der Waals surface area (Å²) < 4.78 is 11.5. The zero-order chi connectivity index (χ0) is 11.4. The predicted molar refractivity (Wildman–Crippen MR) is 45.6 cm³/mol. The van der Waals surface area contributed by atoms with E-state index in [1.54, 1.807) is 0 Å². The van der Waals surface area contributed by atoms with E-state index in [1.807, 2.05) is 0 Å². The van der Waals surface area contributed by atoms with Crippen molar-refractivity contribution in [3.63, 3.8) is 0 Å². The highest BCUT2D eigenvalue weighted by atomic mass is 19.3. The molecule has 0 radical (unpaired) electrons. The fraction of sp³-hybridized carbons (Fsp3) is 0.143. The molecule has 0 aliphatic heterocycles. The van der Waals surface area contributed by atoms with Gasteiger partial charge in [0.05, 0.1) is 21.5 Å². The first-order chi connectivity index (χ1) is 7.06. The number of nitrogens with zero attached hydrogens (tertiary/aromatic N) is 2. The Morgan fingerprint density at radius 3 is 2.40 bits per heavy atom. The number of hydrogen-bond acceptors (Lipinski definition) is 5. The van der Waals surface area contributed by atoms with E-state index >= 15 is 0 Å². The maximum Gasteiger partial charge on any atom is 0.281 e. The summed E-state index contributed by atoms with van der Waals surface area (Å²) >= 11 is 0. The van der Waals surface area contributed by atoms with E-state index in [-0.39, 0.29) is 5.56 Å². The van der Waals surface area contributed by atoms with Crippen LogP contribution < -0.4 is 0 Å². The molecule has 0 unspecified atom stereocenters. The van der Waals surface area contributed by atoms with Crippen LogP contribution in [0.2, 0.25) is 0 Å². The van der Waals surface area contributed by atoms with Crippen LogP contribution in [0.4, 0.5) is 15.9 Å².